The Labute approximate surface area is 95.2 Å². The molecule has 1 atom stereocenters. The highest BCUT2D eigenvalue weighted by atomic mass is 16.2. The monoisotopic (exact) mass is 222 g/mol. The first-order valence-electron chi connectivity index (χ1n) is 5.71. The first-order chi connectivity index (χ1) is 7.61. The van der Waals surface area contributed by atoms with Crippen LogP contribution in [-0.4, -0.2) is 39.7 Å². The van der Waals surface area contributed by atoms with Crippen molar-refractivity contribution in [1.82, 2.24) is 14.7 Å². The van der Waals surface area contributed by atoms with E-state index in [1.165, 1.54) is 0 Å². The number of aromatic nitrogens is 2. The molecule has 0 saturated carbocycles. The second-order valence-corrected chi connectivity index (χ2v) is 4.29. The fourth-order valence-corrected chi connectivity index (χ4v) is 2.09. The predicted molar refractivity (Wildman–Crippen MR) is 61.1 cm³/mol. The number of rotatable bonds is 2. The van der Waals surface area contributed by atoms with Crippen molar-refractivity contribution in [2.45, 2.75) is 32.9 Å². The molecular formula is C11H18N4O. The normalized spacial score (nSPS) is 20.4. The van der Waals surface area contributed by atoms with Gasteiger partial charge < -0.3 is 10.6 Å². The Morgan fingerprint density at radius 1 is 1.69 bits per heavy atom. The van der Waals surface area contributed by atoms with Gasteiger partial charge in [0.15, 0.2) is 0 Å². The van der Waals surface area contributed by atoms with Crippen molar-refractivity contribution < 1.29 is 4.79 Å². The summed E-state index contributed by atoms with van der Waals surface area (Å²) >= 11 is 0. The van der Waals surface area contributed by atoms with Crippen molar-refractivity contribution in [3.05, 3.63) is 17.5 Å². The van der Waals surface area contributed by atoms with Crippen LogP contribution in [0.15, 0.2) is 6.07 Å². The van der Waals surface area contributed by atoms with Gasteiger partial charge in [-0.25, -0.2) is 0 Å². The Bertz CT molecular complexity index is 399. The molecule has 1 fully saturated rings. The number of carbonyl (C=O) groups excluding carboxylic acids is 1. The van der Waals surface area contributed by atoms with Crippen LogP contribution >= 0.6 is 0 Å². The summed E-state index contributed by atoms with van der Waals surface area (Å²) in [6.45, 7) is 6.02. The van der Waals surface area contributed by atoms with Crippen molar-refractivity contribution in [1.29, 1.82) is 0 Å². The van der Waals surface area contributed by atoms with Crippen LogP contribution in [-0.2, 0) is 6.54 Å². The van der Waals surface area contributed by atoms with Gasteiger partial charge in [-0.2, -0.15) is 5.10 Å². The number of nitrogens with zero attached hydrogens (tertiary/aromatic N) is 3. The molecule has 5 heteroatoms. The van der Waals surface area contributed by atoms with Gasteiger partial charge in [-0.05, 0) is 26.3 Å². The van der Waals surface area contributed by atoms with Crippen LogP contribution < -0.4 is 5.73 Å². The molecule has 0 bridgehead atoms. The molecule has 0 unspecified atom stereocenters. The second-order valence-electron chi connectivity index (χ2n) is 4.29. The standard InChI is InChI=1S/C11H18N4O/c1-3-15-10(6-8(2)13-15)11(16)14-5-4-9(12)7-14/h6,9H,3-5,7,12H2,1-2H3/t9-/m0/s1. The van der Waals surface area contributed by atoms with Crippen LogP contribution in [0.25, 0.3) is 0 Å². The maximum Gasteiger partial charge on any atom is 0.272 e. The largest absolute Gasteiger partial charge is 0.336 e. The van der Waals surface area contributed by atoms with Crippen molar-refractivity contribution in [2.24, 2.45) is 5.73 Å². The van der Waals surface area contributed by atoms with E-state index in [1.807, 2.05) is 24.8 Å². The molecule has 88 valence electrons. The molecule has 0 radical (unpaired) electrons. The molecule has 0 aromatic carbocycles. The fraction of sp³-hybridized carbons (Fsp3) is 0.636. The third-order valence-corrected chi connectivity index (χ3v) is 2.93. The number of amides is 1. The van der Waals surface area contributed by atoms with Crippen molar-refractivity contribution in [2.75, 3.05) is 13.1 Å². The molecule has 2 rings (SSSR count). The van der Waals surface area contributed by atoms with E-state index < -0.39 is 0 Å². The van der Waals surface area contributed by atoms with E-state index >= 15 is 0 Å². The van der Waals surface area contributed by atoms with Gasteiger partial charge in [0.1, 0.15) is 5.69 Å². The molecule has 1 amide bonds. The number of likely N-dealkylation sites (tertiary alicyclic amines) is 1. The Balaban J connectivity index is 2.20. The minimum atomic E-state index is 0.0513. The molecule has 1 aliphatic rings. The molecule has 2 N–H and O–H groups in total. The van der Waals surface area contributed by atoms with Crippen LogP contribution in [0.1, 0.15) is 29.5 Å². The summed E-state index contributed by atoms with van der Waals surface area (Å²) in [5.74, 6) is 0.0513. The van der Waals surface area contributed by atoms with Gasteiger partial charge in [0, 0.05) is 25.7 Å². The summed E-state index contributed by atoms with van der Waals surface area (Å²) in [6, 6.07) is 1.97. The van der Waals surface area contributed by atoms with Gasteiger partial charge in [-0.3, -0.25) is 9.48 Å². The zero-order valence-corrected chi connectivity index (χ0v) is 9.81. The first kappa shape index (κ1) is 11.1. The van der Waals surface area contributed by atoms with Crippen molar-refractivity contribution in [3.8, 4) is 0 Å². The number of carbonyl (C=O) groups is 1. The van der Waals surface area contributed by atoms with Gasteiger partial charge in [0.2, 0.25) is 0 Å². The lowest BCUT2D eigenvalue weighted by molar-refractivity contribution is 0.0778. The van der Waals surface area contributed by atoms with Crippen LogP contribution in [0.5, 0.6) is 0 Å². The number of hydrogen-bond donors (Lipinski definition) is 1. The van der Waals surface area contributed by atoms with E-state index in [1.54, 1.807) is 4.68 Å². The fourth-order valence-electron chi connectivity index (χ4n) is 2.09. The number of aryl methyl sites for hydroxylation is 2. The molecule has 16 heavy (non-hydrogen) atoms. The number of nitrogens with two attached hydrogens (primary N) is 1. The Morgan fingerprint density at radius 2 is 2.44 bits per heavy atom. The zero-order chi connectivity index (χ0) is 11.7. The topological polar surface area (TPSA) is 64.2 Å². The van der Waals surface area contributed by atoms with E-state index in [-0.39, 0.29) is 11.9 Å². The summed E-state index contributed by atoms with van der Waals surface area (Å²) in [4.78, 5) is 14.0. The molecule has 1 aromatic rings. The van der Waals surface area contributed by atoms with Gasteiger partial charge in [-0.15, -0.1) is 0 Å². The van der Waals surface area contributed by atoms with Crippen molar-refractivity contribution >= 4 is 5.91 Å². The van der Waals surface area contributed by atoms with E-state index in [4.69, 9.17) is 5.73 Å². The van der Waals surface area contributed by atoms with Gasteiger partial charge in [0.05, 0.1) is 5.69 Å². The summed E-state index contributed by atoms with van der Waals surface area (Å²) in [5.41, 5.74) is 7.36. The zero-order valence-electron chi connectivity index (χ0n) is 9.81. The molecule has 5 nitrogen and oxygen atoms in total. The molecule has 1 saturated heterocycles. The smallest absolute Gasteiger partial charge is 0.272 e. The lowest BCUT2D eigenvalue weighted by atomic mass is 10.3. The average Bonchev–Trinajstić information content (AvgIpc) is 2.83. The average molecular weight is 222 g/mol. The van der Waals surface area contributed by atoms with Crippen LogP contribution in [0.4, 0.5) is 0 Å². The summed E-state index contributed by atoms with van der Waals surface area (Å²) < 4.78 is 1.75. The van der Waals surface area contributed by atoms with Crippen LogP contribution in [0.3, 0.4) is 0 Å². The summed E-state index contributed by atoms with van der Waals surface area (Å²) in [6.07, 6.45) is 0.894. The SMILES string of the molecule is CCn1nc(C)cc1C(=O)N1CC[C@H](N)C1. The predicted octanol–water partition coefficient (Wildman–Crippen LogP) is 0.385. The van der Waals surface area contributed by atoms with Gasteiger partial charge >= 0.3 is 0 Å². The molecule has 1 aliphatic heterocycles. The third-order valence-electron chi connectivity index (χ3n) is 2.93. The van der Waals surface area contributed by atoms with E-state index in [0.717, 1.165) is 25.2 Å². The van der Waals surface area contributed by atoms with E-state index in [9.17, 15) is 4.79 Å². The third kappa shape index (κ3) is 1.95. The highest BCUT2D eigenvalue weighted by Gasteiger charge is 2.26. The maximum atomic E-state index is 12.2. The Morgan fingerprint density at radius 3 is 3.00 bits per heavy atom. The van der Waals surface area contributed by atoms with E-state index in [0.29, 0.717) is 12.2 Å². The molecule has 0 aliphatic carbocycles. The minimum absolute atomic E-state index is 0.0513. The van der Waals surface area contributed by atoms with Crippen LogP contribution in [0.2, 0.25) is 0 Å². The lowest BCUT2D eigenvalue weighted by Crippen LogP contribution is -2.33. The minimum Gasteiger partial charge on any atom is -0.336 e. The maximum absolute atomic E-state index is 12.2. The highest BCUT2D eigenvalue weighted by Crippen LogP contribution is 2.13. The molecular weight excluding hydrogens is 204 g/mol. The molecule has 2 heterocycles. The second kappa shape index (κ2) is 4.25. The van der Waals surface area contributed by atoms with E-state index in [2.05, 4.69) is 5.10 Å². The van der Waals surface area contributed by atoms with Gasteiger partial charge in [0.25, 0.3) is 5.91 Å². The lowest BCUT2D eigenvalue weighted by Gasteiger charge is -2.15. The molecule has 0 spiro atoms. The highest BCUT2D eigenvalue weighted by molar-refractivity contribution is 5.93. The number of hydrogen-bond acceptors (Lipinski definition) is 3. The quantitative estimate of drug-likeness (QED) is 0.787. The molecule has 1 aromatic heterocycles. The Kier molecular flexibility index (Phi) is 2.96. The summed E-state index contributed by atoms with van der Waals surface area (Å²) in [5, 5.41) is 4.28. The first-order valence-corrected chi connectivity index (χ1v) is 5.71. The Hall–Kier alpha value is -1.36. The van der Waals surface area contributed by atoms with Crippen LogP contribution in [0, 0.1) is 6.92 Å². The summed E-state index contributed by atoms with van der Waals surface area (Å²) in [7, 11) is 0. The van der Waals surface area contributed by atoms with Crippen molar-refractivity contribution in [3.63, 3.8) is 0 Å². The van der Waals surface area contributed by atoms with Gasteiger partial charge in [-0.1, -0.05) is 0 Å².